The van der Waals surface area contributed by atoms with Gasteiger partial charge < -0.3 is 4.40 Å². The second kappa shape index (κ2) is 10.7. The van der Waals surface area contributed by atoms with E-state index in [1.807, 2.05) is 11.3 Å². The first-order chi connectivity index (χ1) is 29.3. The SMILES string of the molecule is c1ccc2c(c1)cc(-c1nc3c4ccccc4c4ccccc4c3nc1-n1c3ccc4sc5ccc6c7ccccc7n7c8cccc1c8c3c4c5c67)c1ccccc12. The van der Waals surface area contributed by atoms with E-state index in [1.165, 1.54) is 85.2 Å². The Bertz CT molecular complexity index is 4320. The highest BCUT2D eigenvalue weighted by molar-refractivity contribution is 7.26. The minimum absolute atomic E-state index is 0.831. The molecule has 0 unspecified atom stereocenters. The normalized spacial score (nSPS) is 12.7. The molecule has 15 rings (SSSR count). The van der Waals surface area contributed by atoms with E-state index in [2.05, 4.69) is 179 Å². The van der Waals surface area contributed by atoms with E-state index < -0.39 is 0 Å². The van der Waals surface area contributed by atoms with Crippen molar-refractivity contribution in [3.63, 3.8) is 0 Å². The largest absolute Gasteiger partial charge is 0.308 e. The lowest BCUT2D eigenvalue weighted by molar-refractivity contribution is 1.08. The summed E-state index contributed by atoms with van der Waals surface area (Å²) in [4.78, 5) is 11.8. The summed E-state index contributed by atoms with van der Waals surface area (Å²) in [7, 11) is 0. The van der Waals surface area contributed by atoms with Crippen LogP contribution in [0.15, 0.2) is 170 Å². The average molecular weight is 765 g/mol. The molecule has 4 nitrogen and oxygen atoms in total. The monoisotopic (exact) mass is 764 g/mol. The maximum absolute atomic E-state index is 5.91. The number of nitrogens with zero attached hydrogens (tertiary/aromatic N) is 4. The fourth-order valence-corrected chi connectivity index (χ4v) is 11.9. The Morgan fingerprint density at radius 1 is 0.373 bits per heavy atom. The lowest BCUT2D eigenvalue weighted by Gasteiger charge is -2.18. The molecule has 0 aliphatic carbocycles. The minimum atomic E-state index is 0.831. The third-order valence-electron chi connectivity index (χ3n) is 13.2. The molecule has 0 saturated carbocycles. The van der Waals surface area contributed by atoms with E-state index in [-0.39, 0.29) is 0 Å². The van der Waals surface area contributed by atoms with Crippen molar-refractivity contribution in [3.05, 3.63) is 170 Å². The third kappa shape index (κ3) is 3.67. The summed E-state index contributed by atoms with van der Waals surface area (Å²) in [5.41, 5.74) is 9.73. The zero-order chi connectivity index (χ0) is 38.1. The number of thiophene rings is 1. The summed E-state index contributed by atoms with van der Waals surface area (Å²) in [6, 6.07) is 62.3. The maximum atomic E-state index is 5.91. The van der Waals surface area contributed by atoms with E-state index in [0.29, 0.717) is 0 Å². The molecule has 59 heavy (non-hydrogen) atoms. The summed E-state index contributed by atoms with van der Waals surface area (Å²) in [6.45, 7) is 0. The molecule has 0 fully saturated rings. The summed E-state index contributed by atoms with van der Waals surface area (Å²) >= 11 is 1.89. The Hall–Kier alpha value is -7.60. The van der Waals surface area contributed by atoms with Gasteiger partial charge in [0, 0.05) is 58.1 Å². The van der Waals surface area contributed by atoms with Crippen molar-refractivity contribution in [1.29, 1.82) is 0 Å². The molecule has 0 atom stereocenters. The van der Waals surface area contributed by atoms with Crippen LogP contribution in [0.25, 0.3) is 140 Å². The molecule has 5 aromatic heterocycles. The van der Waals surface area contributed by atoms with Gasteiger partial charge in [-0.2, -0.15) is 0 Å². The molecular weight excluding hydrogens is 737 g/mol. The molecule has 0 saturated heterocycles. The Labute approximate surface area is 339 Å². The van der Waals surface area contributed by atoms with Gasteiger partial charge in [0.1, 0.15) is 5.69 Å². The number of para-hydroxylation sites is 1. The number of hydrogen-bond donors (Lipinski definition) is 0. The molecule has 0 N–H and O–H groups in total. The van der Waals surface area contributed by atoms with Crippen molar-refractivity contribution < 1.29 is 0 Å². The third-order valence-corrected chi connectivity index (χ3v) is 14.3. The van der Waals surface area contributed by atoms with E-state index >= 15 is 0 Å². The summed E-state index contributed by atoms with van der Waals surface area (Å²) in [5.74, 6) is 0.831. The van der Waals surface area contributed by atoms with Gasteiger partial charge in [0.05, 0.1) is 38.6 Å². The van der Waals surface area contributed by atoms with Crippen LogP contribution < -0.4 is 0 Å². The molecule has 0 spiro atoms. The van der Waals surface area contributed by atoms with Crippen LogP contribution in [0, 0.1) is 0 Å². The second-order valence-corrected chi connectivity index (χ2v) is 17.1. The lowest BCUT2D eigenvalue weighted by atomic mass is 9.95. The quantitative estimate of drug-likeness (QED) is 0.164. The van der Waals surface area contributed by atoms with Crippen molar-refractivity contribution in [3.8, 4) is 17.1 Å². The highest BCUT2D eigenvalue weighted by Crippen LogP contribution is 2.51. The van der Waals surface area contributed by atoms with Gasteiger partial charge in [-0.1, -0.05) is 127 Å². The fraction of sp³-hybridized carbons (Fsp3) is 0. The van der Waals surface area contributed by atoms with E-state index in [1.54, 1.807) is 0 Å². The van der Waals surface area contributed by atoms with Crippen LogP contribution in [-0.2, 0) is 0 Å². The number of benzene rings is 10. The number of hydrogen-bond acceptors (Lipinski definition) is 3. The van der Waals surface area contributed by atoms with Crippen LogP contribution in [0.5, 0.6) is 0 Å². The lowest BCUT2D eigenvalue weighted by Crippen LogP contribution is -2.05. The first-order valence-electron chi connectivity index (χ1n) is 20.2. The molecule has 270 valence electrons. The van der Waals surface area contributed by atoms with Gasteiger partial charge in [0.2, 0.25) is 0 Å². The van der Waals surface area contributed by atoms with Crippen molar-refractivity contribution in [2.24, 2.45) is 0 Å². The topological polar surface area (TPSA) is 35.1 Å². The Morgan fingerprint density at radius 2 is 0.949 bits per heavy atom. The van der Waals surface area contributed by atoms with Crippen LogP contribution in [0.2, 0.25) is 0 Å². The predicted molar refractivity (Wildman–Crippen MR) is 251 cm³/mol. The van der Waals surface area contributed by atoms with Crippen molar-refractivity contribution >= 4 is 135 Å². The minimum Gasteiger partial charge on any atom is -0.308 e. The fourth-order valence-electron chi connectivity index (χ4n) is 10.8. The van der Waals surface area contributed by atoms with E-state index in [4.69, 9.17) is 9.97 Å². The molecule has 15 aromatic rings. The van der Waals surface area contributed by atoms with E-state index in [0.717, 1.165) is 55.3 Å². The van der Waals surface area contributed by atoms with Crippen LogP contribution >= 0.6 is 11.3 Å². The smallest absolute Gasteiger partial charge is 0.165 e. The van der Waals surface area contributed by atoms with Gasteiger partial charge in [-0.15, -0.1) is 11.3 Å². The summed E-state index contributed by atoms with van der Waals surface area (Å²) < 4.78 is 7.58. The zero-order valence-electron chi connectivity index (χ0n) is 31.4. The van der Waals surface area contributed by atoms with Crippen LogP contribution in [0.4, 0.5) is 0 Å². The van der Waals surface area contributed by atoms with Crippen LogP contribution in [-0.4, -0.2) is 18.9 Å². The van der Waals surface area contributed by atoms with Crippen LogP contribution in [0.3, 0.4) is 0 Å². The standard InChI is InChI=1S/C54H28N4S/c1-2-13-30-29(12-1)28-39(34-17-4-3-14-31(30)34)52-54(56-51-37-20-8-6-16-33(37)32-15-5-7-19-36(32)50(51)55-52)58-42-23-11-22-41-46(42)47-43(58)25-27-44-48(47)49-45(59-44)26-24-38-35-18-9-10-21-40(35)57(41)53(38)49/h1-28H. The molecule has 0 amide bonds. The highest BCUT2D eigenvalue weighted by atomic mass is 32.1. The van der Waals surface area contributed by atoms with Crippen molar-refractivity contribution in [1.82, 2.24) is 18.9 Å². The van der Waals surface area contributed by atoms with Gasteiger partial charge in [-0.05, 0) is 74.8 Å². The summed E-state index contributed by atoms with van der Waals surface area (Å²) in [6.07, 6.45) is 0. The average Bonchev–Trinajstić information content (AvgIpc) is 3.93. The predicted octanol–water partition coefficient (Wildman–Crippen LogP) is 14.8. The zero-order valence-corrected chi connectivity index (χ0v) is 32.2. The molecule has 5 heterocycles. The van der Waals surface area contributed by atoms with Gasteiger partial charge in [0.15, 0.2) is 5.82 Å². The maximum Gasteiger partial charge on any atom is 0.165 e. The molecule has 0 radical (unpaired) electrons. The Balaban J connectivity index is 1.21. The van der Waals surface area contributed by atoms with Gasteiger partial charge in [0.25, 0.3) is 0 Å². The number of fused-ring (bicyclic) bond motifs is 13. The van der Waals surface area contributed by atoms with Gasteiger partial charge in [-0.25, -0.2) is 9.97 Å². The Morgan fingerprint density at radius 3 is 1.75 bits per heavy atom. The first kappa shape index (κ1) is 30.5. The number of rotatable bonds is 2. The summed E-state index contributed by atoms with van der Waals surface area (Å²) in [5, 5.41) is 17.1. The molecular formula is C54H28N4S. The van der Waals surface area contributed by atoms with Crippen molar-refractivity contribution in [2.45, 2.75) is 0 Å². The number of aromatic nitrogens is 4. The molecule has 0 aliphatic rings. The Kier molecular flexibility index (Phi) is 5.52. The van der Waals surface area contributed by atoms with Crippen LogP contribution in [0.1, 0.15) is 0 Å². The molecule has 0 bridgehead atoms. The molecule has 10 aromatic carbocycles. The van der Waals surface area contributed by atoms with Gasteiger partial charge >= 0.3 is 0 Å². The van der Waals surface area contributed by atoms with Crippen molar-refractivity contribution in [2.75, 3.05) is 0 Å². The first-order valence-corrected chi connectivity index (χ1v) is 21.0. The molecule has 0 aliphatic heterocycles. The highest BCUT2D eigenvalue weighted by Gasteiger charge is 2.28. The van der Waals surface area contributed by atoms with Gasteiger partial charge in [-0.3, -0.25) is 4.57 Å². The van der Waals surface area contributed by atoms with E-state index in [9.17, 15) is 0 Å². The second-order valence-electron chi connectivity index (χ2n) is 16.0. The molecule has 5 heteroatoms.